The van der Waals surface area contributed by atoms with E-state index in [1.807, 2.05) is 0 Å². The summed E-state index contributed by atoms with van der Waals surface area (Å²) >= 11 is 0. The quantitative estimate of drug-likeness (QED) is 0.848. The van der Waals surface area contributed by atoms with Crippen molar-refractivity contribution in [3.05, 3.63) is 29.3 Å². The van der Waals surface area contributed by atoms with Crippen molar-refractivity contribution in [2.75, 3.05) is 13.2 Å². The van der Waals surface area contributed by atoms with Crippen molar-refractivity contribution in [3.63, 3.8) is 0 Å². The van der Waals surface area contributed by atoms with E-state index in [9.17, 15) is 0 Å². The summed E-state index contributed by atoms with van der Waals surface area (Å²) in [5, 5.41) is 9.16. The molecular formula is C15H22O2. The Morgan fingerprint density at radius 3 is 2.94 bits per heavy atom. The molecule has 0 saturated carbocycles. The molecule has 0 spiro atoms. The van der Waals surface area contributed by atoms with Crippen LogP contribution >= 0.6 is 0 Å². The van der Waals surface area contributed by atoms with Gasteiger partial charge >= 0.3 is 0 Å². The summed E-state index contributed by atoms with van der Waals surface area (Å²) in [7, 11) is 0. The molecule has 2 atom stereocenters. The Kier molecular flexibility index (Phi) is 4.06. The lowest BCUT2D eigenvalue weighted by molar-refractivity contribution is 0.222. The van der Waals surface area contributed by atoms with Gasteiger partial charge in [-0.15, -0.1) is 0 Å². The van der Waals surface area contributed by atoms with Crippen LogP contribution in [0.25, 0.3) is 0 Å². The van der Waals surface area contributed by atoms with Gasteiger partial charge < -0.3 is 9.84 Å². The highest BCUT2D eigenvalue weighted by atomic mass is 16.5. The number of hydrogen-bond acceptors (Lipinski definition) is 2. The van der Waals surface area contributed by atoms with Crippen molar-refractivity contribution in [2.24, 2.45) is 5.92 Å². The van der Waals surface area contributed by atoms with Crippen molar-refractivity contribution in [1.29, 1.82) is 0 Å². The van der Waals surface area contributed by atoms with E-state index in [1.54, 1.807) is 0 Å². The molecule has 2 rings (SSSR count). The van der Waals surface area contributed by atoms with E-state index in [-0.39, 0.29) is 6.61 Å². The zero-order valence-corrected chi connectivity index (χ0v) is 10.8. The number of aliphatic hydroxyl groups excluding tert-OH is 1. The molecule has 17 heavy (non-hydrogen) atoms. The second kappa shape index (κ2) is 5.54. The van der Waals surface area contributed by atoms with Crippen LogP contribution in [-0.2, 0) is 6.42 Å². The lowest BCUT2D eigenvalue weighted by Crippen LogP contribution is -2.08. The molecule has 0 radical (unpaired) electrons. The third-order valence-electron chi connectivity index (χ3n) is 3.68. The molecule has 0 amide bonds. The molecule has 1 aromatic carbocycles. The Bertz CT molecular complexity index is 373. The van der Waals surface area contributed by atoms with Crippen LogP contribution in [0.15, 0.2) is 18.2 Å². The SMILES string of the molecule is CCC(CC(C)CO)c1ccc2c(c1)OCC2. The molecule has 0 bridgehead atoms. The molecule has 0 fully saturated rings. The second-order valence-corrected chi connectivity index (χ2v) is 5.09. The monoisotopic (exact) mass is 234 g/mol. The fourth-order valence-corrected chi connectivity index (χ4v) is 2.54. The van der Waals surface area contributed by atoms with Gasteiger partial charge in [-0.2, -0.15) is 0 Å². The molecule has 0 aliphatic carbocycles. The molecule has 2 unspecified atom stereocenters. The number of ether oxygens (including phenoxy) is 1. The van der Waals surface area contributed by atoms with Crippen LogP contribution in [0.5, 0.6) is 5.75 Å². The predicted molar refractivity (Wildman–Crippen MR) is 69.5 cm³/mol. The Morgan fingerprint density at radius 2 is 2.24 bits per heavy atom. The van der Waals surface area contributed by atoms with E-state index in [1.165, 1.54) is 11.1 Å². The highest BCUT2D eigenvalue weighted by molar-refractivity contribution is 5.41. The van der Waals surface area contributed by atoms with Gasteiger partial charge in [0.1, 0.15) is 5.75 Å². The maximum absolute atomic E-state index is 9.16. The average molecular weight is 234 g/mol. The first-order valence-corrected chi connectivity index (χ1v) is 6.61. The van der Waals surface area contributed by atoms with Crippen molar-refractivity contribution in [2.45, 2.75) is 39.0 Å². The number of benzene rings is 1. The van der Waals surface area contributed by atoms with Gasteiger partial charge in [0.2, 0.25) is 0 Å². The Hall–Kier alpha value is -1.02. The molecule has 2 heteroatoms. The average Bonchev–Trinajstić information content (AvgIpc) is 2.82. The molecule has 0 aromatic heterocycles. The first-order valence-electron chi connectivity index (χ1n) is 6.61. The summed E-state index contributed by atoms with van der Waals surface area (Å²) in [5.41, 5.74) is 2.69. The van der Waals surface area contributed by atoms with Gasteiger partial charge in [0.15, 0.2) is 0 Å². The van der Waals surface area contributed by atoms with Gasteiger partial charge in [0, 0.05) is 13.0 Å². The van der Waals surface area contributed by atoms with Crippen LogP contribution in [0, 0.1) is 5.92 Å². The highest BCUT2D eigenvalue weighted by Gasteiger charge is 2.17. The van der Waals surface area contributed by atoms with Gasteiger partial charge in [-0.3, -0.25) is 0 Å². The Labute approximate surface area is 104 Å². The van der Waals surface area contributed by atoms with Gasteiger partial charge in [0.25, 0.3) is 0 Å². The molecule has 2 nitrogen and oxygen atoms in total. The van der Waals surface area contributed by atoms with Crippen molar-refractivity contribution in [3.8, 4) is 5.75 Å². The summed E-state index contributed by atoms with van der Waals surface area (Å²) in [6, 6.07) is 6.62. The van der Waals surface area contributed by atoms with Crippen LogP contribution < -0.4 is 4.74 Å². The van der Waals surface area contributed by atoms with Gasteiger partial charge in [-0.05, 0) is 41.9 Å². The minimum atomic E-state index is 0.276. The van der Waals surface area contributed by atoms with E-state index >= 15 is 0 Å². The zero-order chi connectivity index (χ0) is 12.3. The van der Waals surface area contributed by atoms with Gasteiger partial charge in [0.05, 0.1) is 6.61 Å². The first kappa shape index (κ1) is 12.4. The smallest absolute Gasteiger partial charge is 0.122 e. The largest absolute Gasteiger partial charge is 0.493 e. The lowest BCUT2D eigenvalue weighted by Gasteiger charge is -2.19. The number of aliphatic hydroxyl groups is 1. The van der Waals surface area contributed by atoms with E-state index in [0.717, 1.165) is 31.6 Å². The van der Waals surface area contributed by atoms with E-state index < -0.39 is 0 Å². The predicted octanol–water partition coefficient (Wildman–Crippen LogP) is 3.13. The lowest BCUT2D eigenvalue weighted by atomic mass is 9.87. The molecule has 94 valence electrons. The molecule has 1 N–H and O–H groups in total. The number of hydrogen-bond donors (Lipinski definition) is 1. The van der Waals surface area contributed by atoms with Crippen LogP contribution in [0.2, 0.25) is 0 Å². The normalized spacial score (nSPS) is 17.4. The summed E-state index contributed by atoms with van der Waals surface area (Å²) in [6.45, 7) is 5.41. The molecule has 0 saturated heterocycles. The third kappa shape index (κ3) is 2.81. The van der Waals surface area contributed by atoms with Crippen LogP contribution in [0.1, 0.15) is 43.7 Å². The van der Waals surface area contributed by atoms with Gasteiger partial charge in [-0.25, -0.2) is 0 Å². The first-order chi connectivity index (χ1) is 8.24. The van der Waals surface area contributed by atoms with E-state index in [2.05, 4.69) is 32.0 Å². The summed E-state index contributed by atoms with van der Waals surface area (Å²) < 4.78 is 5.62. The third-order valence-corrected chi connectivity index (χ3v) is 3.68. The summed E-state index contributed by atoms with van der Waals surface area (Å²) in [4.78, 5) is 0. The molecule has 1 heterocycles. The van der Waals surface area contributed by atoms with Crippen molar-refractivity contribution >= 4 is 0 Å². The Morgan fingerprint density at radius 1 is 1.41 bits per heavy atom. The fraction of sp³-hybridized carbons (Fsp3) is 0.600. The van der Waals surface area contributed by atoms with E-state index in [4.69, 9.17) is 9.84 Å². The van der Waals surface area contributed by atoms with Crippen LogP contribution in [-0.4, -0.2) is 18.3 Å². The standard InChI is InChI=1S/C15H22O2/c1-3-12(8-11(2)10-16)14-5-4-13-6-7-17-15(13)9-14/h4-5,9,11-12,16H,3,6-8,10H2,1-2H3. The summed E-state index contributed by atoms with van der Waals surface area (Å²) in [5.74, 6) is 1.97. The minimum Gasteiger partial charge on any atom is -0.493 e. The van der Waals surface area contributed by atoms with Crippen LogP contribution in [0.3, 0.4) is 0 Å². The number of rotatable bonds is 5. The highest BCUT2D eigenvalue weighted by Crippen LogP contribution is 2.33. The minimum absolute atomic E-state index is 0.276. The second-order valence-electron chi connectivity index (χ2n) is 5.09. The van der Waals surface area contributed by atoms with E-state index in [0.29, 0.717) is 11.8 Å². The Balaban J connectivity index is 2.14. The van der Waals surface area contributed by atoms with Crippen molar-refractivity contribution in [1.82, 2.24) is 0 Å². The fourth-order valence-electron chi connectivity index (χ4n) is 2.54. The van der Waals surface area contributed by atoms with Crippen LogP contribution in [0.4, 0.5) is 0 Å². The molecule has 1 aromatic rings. The molecular weight excluding hydrogens is 212 g/mol. The number of fused-ring (bicyclic) bond motifs is 1. The molecule has 1 aliphatic heterocycles. The van der Waals surface area contributed by atoms with Crippen molar-refractivity contribution < 1.29 is 9.84 Å². The maximum atomic E-state index is 9.16. The maximum Gasteiger partial charge on any atom is 0.122 e. The zero-order valence-electron chi connectivity index (χ0n) is 10.8. The topological polar surface area (TPSA) is 29.5 Å². The van der Waals surface area contributed by atoms with Gasteiger partial charge in [-0.1, -0.05) is 26.0 Å². The summed E-state index contributed by atoms with van der Waals surface area (Å²) in [6.07, 6.45) is 3.20. The molecule has 1 aliphatic rings.